The fraction of sp³-hybridized carbons (Fsp3) is 0.300. The van der Waals surface area contributed by atoms with E-state index in [1.807, 2.05) is 0 Å². The number of carbonyl (C=O) groups is 1. The van der Waals surface area contributed by atoms with Gasteiger partial charge in [-0.1, -0.05) is 12.7 Å². The Morgan fingerprint density at radius 1 is 1.73 bits per heavy atom. The predicted molar refractivity (Wildman–Crippen MR) is 59.1 cm³/mol. The van der Waals surface area contributed by atoms with E-state index in [-0.39, 0.29) is 12.6 Å². The maximum Gasteiger partial charge on any atom is 0.333 e. The van der Waals surface area contributed by atoms with Crippen LogP contribution in [0.3, 0.4) is 0 Å². The summed E-state index contributed by atoms with van der Waals surface area (Å²) < 4.78 is 5.63. The van der Waals surface area contributed by atoms with Gasteiger partial charge >= 0.3 is 5.97 Å². The highest BCUT2D eigenvalue weighted by atomic mass is 32.2. The van der Waals surface area contributed by atoms with E-state index in [9.17, 15) is 9.70 Å². The minimum absolute atomic E-state index is 0.181. The van der Waals surface area contributed by atoms with Crippen molar-refractivity contribution in [3.63, 3.8) is 0 Å². The van der Waals surface area contributed by atoms with Crippen LogP contribution in [0.2, 0.25) is 0 Å². The zero-order valence-electron chi connectivity index (χ0n) is 8.38. The summed E-state index contributed by atoms with van der Waals surface area (Å²) in [5.74, 6) is -0.423. The van der Waals surface area contributed by atoms with Gasteiger partial charge in [-0.2, -0.15) is 0 Å². The normalized spacial score (nSPS) is 20.5. The number of hydrogen-bond acceptors (Lipinski definition) is 4. The van der Waals surface area contributed by atoms with Gasteiger partial charge in [0.05, 0.1) is 4.17 Å². The van der Waals surface area contributed by atoms with Crippen LogP contribution in [-0.4, -0.2) is 22.8 Å². The van der Waals surface area contributed by atoms with Gasteiger partial charge in [0.25, 0.3) is 6.04 Å². The van der Waals surface area contributed by atoms with Crippen molar-refractivity contribution in [3.8, 4) is 0 Å². The summed E-state index contributed by atoms with van der Waals surface area (Å²) >= 11 is 1.06. The van der Waals surface area contributed by atoms with E-state index in [4.69, 9.17) is 4.74 Å². The molecule has 80 valence electrons. The molecule has 1 heterocycles. The van der Waals surface area contributed by atoms with Gasteiger partial charge in [-0.25, -0.2) is 4.79 Å². The van der Waals surface area contributed by atoms with Gasteiger partial charge < -0.3 is 4.74 Å². The number of hydrogen-bond donors (Lipinski definition) is 0. The van der Waals surface area contributed by atoms with E-state index in [2.05, 4.69) is 6.58 Å². The van der Waals surface area contributed by atoms with E-state index < -0.39 is 5.97 Å². The average molecular weight is 226 g/mol. The Labute approximate surface area is 92.4 Å². The van der Waals surface area contributed by atoms with E-state index in [0.29, 0.717) is 5.57 Å². The Morgan fingerprint density at radius 3 is 3.00 bits per heavy atom. The van der Waals surface area contributed by atoms with Gasteiger partial charge in [0.15, 0.2) is 0 Å². The Bertz CT molecular complexity index is 347. The van der Waals surface area contributed by atoms with Gasteiger partial charge in [-0.15, -0.1) is 0 Å². The summed E-state index contributed by atoms with van der Waals surface area (Å²) in [5, 5.41) is 1.69. The molecule has 5 heteroatoms. The molecule has 0 aromatic rings. The zero-order chi connectivity index (χ0) is 11.3. The van der Waals surface area contributed by atoms with Crippen molar-refractivity contribution in [2.24, 2.45) is 0 Å². The van der Waals surface area contributed by atoms with Crippen LogP contribution >= 0.6 is 11.9 Å². The zero-order valence-corrected chi connectivity index (χ0v) is 9.20. The lowest BCUT2D eigenvalue weighted by Crippen LogP contribution is -2.13. The second-order valence-electron chi connectivity index (χ2n) is 2.95. The summed E-state index contributed by atoms with van der Waals surface area (Å²) in [6.45, 7) is 5.24. The van der Waals surface area contributed by atoms with Crippen molar-refractivity contribution >= 4 is 17.9 Å². The number of nitrogens with zero attached hydrogens (tertiary/aromatic N) is 1. The molecule has 0 fully saturated rings. The van der Waals surface area contributed by atoms with Gasteiger partial charge in [-0.3, -0.25) is 0 Å². The fourth-order valence-electron chi connectivity index (χ4n) is 1.01. The van der Waals surface area contributed by atoms with Crippen LogP contribution in [0.15, 0.2) is 35.8 Å². The maximum absolute atomic E-state index is 11.3. The Morgan fingerprint density at radius 2 is 2.47 bits per heavy atom. The summed E-state index contributed by atoms with van der Waals surface area (Å²) in [6.07, 6.45) is 4.80. The molecule has 1 unspecified atom stereocenters. The number of nitroso groups, excluding NO2 is 1. The summed E-state index contributed by atoms with van der Waals surface area (Å²) in [5.41, 5.74) is 0.426. The van der Waals surface area contributed by atoms with Crippen LogP contribution in [-0.2, 0) is 9.53 Å². The van der Waals surface area contributed by atoms with Crippen molar-refractivity contribution in [3.05, 3.63) is 40.7 Å². The average Bonchev–Trinajstić information content (AvgIpc) is 2.61. The second-order valence-corrected chi connectivity index (χ2v) is 3.79. The molecule has 0 saturated heterocycles. The second kappa shape index (κ2) is 5.50. The minimum atomic E-state index is -0.423. The van der Waals surface area contributed by atoms with Crippen LogP contribution in [0, 0.1) is 4.91 Å². The predicted octanol–water partition coefficient (Wildman–Crippen LogP) is 1.98. The van der Waals surface area contributed by atoms with E-state index in [1.165, 1.54) is 6.08 Å². The van der Waals surface area contributed by atoms with Gasteiger partial charge in [0.1, 0.15) is 6.61 Å². The first-order valence-corrected chi connectivity index (χ1v) is 5.25. The highest BCUT2D eigenvalue weighted by Crippen LogP contribution is 2.19. The molecule has 0 spiro atoms. The molecule has 0 aromatic heterocycles. The van der Waals surface area contributed by atoms with Crippen LogP contribution in [0.4, 0.5) is 0 Å². The topological polar surface area (TPSA) is 46.4 Å². The van der Waals surface area contributed by atoms with Crippen LogP contribution in [0.25, 0.3) is 0 Å². The Hall–Kier alpha value is -1.36. The van der Waals surface area contributed by atoms with Crippen molar-refractivity contribution in [2.45, 2.75) is 13.0 Å². The minimum Gasteiger partial charge on any atom is -0.458 e. The lowest BCUT2D eigenvalue weighted by molar-refractivity contribution is -0.384. The molecule has 0 amide bonds. The fourth-order valence-corrected chi connectivity index (χ4v) is 1.63. The van der Waals surface area contributed by atoms with Crippen LogP contribution in [0.1, 0.15) is 6.92 Å². The standard InChI is InChI=1S/C10H12NO3S/c1-3-5-14-10(12)8(2)7-9-4-6-15-11(9)13/h3-4,6-7,9H,1,5H2,2H3/q+1. The van der Waals surface area contributed by atoms with Crippen molar-refractivity contribution < 1.29 is 13.7 Å². The Kier molecular flexibility index (Phi) is 4.30. The van der Waals surface area contributed by atoms with Crippen molar-refractivity contribution in [1.82, 2.24) is 0 Å². The number of rotatable bonds is 4. The summed E-state index contributed by atoms with van der Waals surface area (Å²) in [4.78, 5) is 22.5. The van der Waals surface area contributed by atoms with Gasteiger partial charge in [0, 0.05) is 28.0 Å². The van der Waals surface area contributed by atoms with Crippen LogP contribution < -0.4 is 0 Å². The molecule has 4 nitrogen and oxygen atoms in total. The lowest BCUT2D eigenvalue weighted by atomic mass is 10.2. The third kappa shape index (κ3) is 3.36. The molecule has 0 saturated carbocycles. The first-order valence-electron chi connectivity index (χ1n) is 4.41. The number of ether oxygens (including phenoxy) is 1. The quantitative estimate of drug-likeness (QED) is 0.242. The van der Waals surface area contributed by atoms with E-state index >= 15 is 0 Å². The first-order chi connectivity index (χ1) is 7.15. The molecule has 0 radical (unpaired) electrons. The van der Waals surface area contributed by atoms with E-state index in [0.717, 1.165) is 16.1 Å². The lowest BCUT2D eigenvalue weighted by Gasteiger charge is -2.01. The SMILES string of the molecule is C=CCOC(=O)C(C)=CC1C=CS[N+]1=O. The maximum atomic E-state index is 11.3. The monoisotopic (exact) mass is 226 g/mol. The third-order valence-electron chi connectivity index (χ3n) is 1.76. The largest absolute Gasteiger partial charge is 0.458 e. The molecule has 0 bridgehead atoms. The molecule has 1 aliphatic heterocycles. The van der Waals surface area contributed by atoms with E-state index in [1.54, 1.807) is 24.5 Å². The number of carbonyl (C=O) groups excluding carboxylic acids is 1. The molecule has 0 aromatic carbocycles. The van der Waals surface area contributed by atoms with Gasteiger partial charge in [0.2, 0.25) is 11.9 Å². The summed E-state index contributed by atoms with van der Waals surface area (Å²) in [6, 6.07) is -0.383. The number of esters is 1. The molecule has 0 N–H and O–H groups in total. The molecule has 15 heavy (non-hydrogen) atoms. The van der Waals surface area contributed by atoms with Gasteiger partial charge in [-0.05, 0) is 6.92 Å². The third-order valence-corrected chi connectivity index (χ3v) is 2.49. The molecule has 1 rings (SSSR count). The summed E-state index contributed by atoms with van der Waals surface area (Å²) in [7, 11) is 0. The highest BCUT2D eigenvalue weighted by molar-refractivity contribution is 7.96. The molecule has 1 aliphatic rings. The Balaban J connectivity index is 2.58. The van der Waals surface area contributed by atoms with Crippen LogP contribution in [0.5, 0.6) is 0 Å². The van der Waals surface area contributed by atoms with Crippen molar-refractivity contribution in [1.29, 1.82) is 0 Å². The van der Waals surface area contributed by atoms with Crippen molar-refractivity contribution in [2.75, 3.05) is 6.61 Å². The smallest absolute Gasteiger partial charge is 0.333 e. The highest BCUT2D eigenvalue weighted by Gasteiger charge is 2.27. The molecule has 1 atom stereocenters. The molecule has 0 aliphatic carbocycles. The molecular formula is C10H12NO3S+. The molecular weight excluding hydrogens is 214 g/mol. The first kappa shape index (κ1) is 11.7.